The number of quaternary nitrogens is 1. The summed E-state index contributed by atoms with van der Waals surface area (Å²) in [6.07, 6.45) is 2.02. The van der Waals surface area contributed by atoms with Crippen LogP contribution in [0, 0.1) is 0 Å². The van der Waals surface area contributed by atoms with Crippen LogP contribution in [0.1, 0.15) is 30.1 Å². The molecule has 2 atom stereocenters. The van der Waals surface area contributed by atoms with Crippen molar-refractivity contribution in [2.45, 2.75) is 32.0 Å². The fourth-order valence-electron chi connectivity index (χ4n) is 2.47. The number of esters is 1. The van der Waals surface area contributed by atoms with Gasteiger partial charge in [-0.25, -0.2) is 4.79 Å². The minimum absolute atomic E-state index is 0.223. The molecule has 1 aliphatic heterocycles. The summed E-state index contributed by atoms with van der Waals surface area (Å²) in [6, 6.07) is 6.72. The van der Waals surface area contributed by atoms with E-state index in [0.717, 1.165) is 26.0 Å². The zero-order valence-electron chi connectivity index (χ0n) is 13.6. The van der Waals surface area contributed by atoms with Gasteiger partial charge in [0.2, 0.25) is 0 Å². The molecule has 6 heteroatoms. The van der Waals surface area contributed by atoms with Crippen molar-refractivity contribution < 1.29 is 29.4 Å². The second-order valence-corrected chi connectivity index (χ2v) is 5.60. The van der Waals surface area contributed by atoms with Crippen LogP contribution in [-0.2, 0) is 9.47 Å². The number of aliphatic hydroxyl groups excluding tert-OH is 1. The van der Waals surface area contributed by atoms with E-state index in [4.69, 9.17) is 14.2 Å². The summed E-state index contributed by atoms with van der Waals surface area (Å²) in [7, 11) is 0. The number of aliphatic hydroxyl groups is 1. The molecule has 1 fully saturated rings. The second-order valence-electron chi connectivity index (χ2n) is 5.60. The Morgan fingerprint density at radius 1 is 1.43 bits per heavy atom. The number of nitrogens with two attached hydrogens (primary N) is 1. The molecule has 0 bridgehead atoms. The molecule has 1 aromatic carbocycles. The van der Waals surface area contributed by atoms with E-state index >= 15 is 0 Å². The highest BCUT2D eigenvalue weighted by atomic mass is 16.5. The Balaban J connectivity index is 1.65. The van der Waals surface area contributed by atoms with E-state index in [2.05, 4.69) is 5.32 Å². The molecule has 1 aliphatic rings. The summed E-state index contributed by atoms with van der Waals surface area (Å²) in [4.78, 5) is 11.5. The molecule has 0 radical (unpaired) electrons. The molecule has 23 heavy (non-hydrogen) atoms. The Labute approximate surface area is 136 Å². The predicted molar refractivity (Wildman–Crippen MR) is 84.5 cm³/mol. The molecule has 128 valence electrons. The minimum atomic E-state index is -0.541. The Bertz CT molecular complexity index is 470. The van der Waals surface area contributed by atoms with E-state index in [1.165, 1.54) is 0 Å². The highest BCUT2D eigenvalue weighted by molar-refractivity contribution is 5.89. The molecule has 0 saturated carbocycles. The van der Waals surface area contributed by atoms with E-state index in [1.807, 2.05) is 0 Å². The number of hydrogen-bond acceptors (Lipinski definition) is 5. The Hall–Kier alpha value is -1.63. The molecule has 0 spiro atoms. The lowest BCUT2D eigenvalue weighted by Crippen LogP contribution is -2.88. The van der Waals surface area contributed by atoms with Gasteiger partial charge in [-0.05, 0) is 44.0 Å². The van der Waals surface area contributed by atoms with Gasteiger partial charge in [-0.1, -0.05) is 0 Å². The monoisotopic (exact) mass is 324 g/mol. The maximum atomic E-state index is 11.5. The number of carbonyl (C=O) groups is 1. The Morgan fingerprint density at radius 3 is 2.87 bits per heavy atom. The highest BCUT2D eigenvalue weighted by Crippen LogP contribution is 2.13. The molecule has 1 aromatic rings. The van der Waals surface area contributed by atoms with Crippen molar-refractivity contribution in [3.63, 3.8) is 0 Å². The van der Waals surface area contributed by atoms with Gasteiger partial charge in [0, 0.05) is 6.61 Å². The fourth-order valence-corrected chi connectivity index (χ4v) is 2.47. The second kappa shape index (κ2) is 9.50. The number of hydrogen-bond donors (Lipinski definition) is 2. The highest BCUT2D eigenvalue weighted by Gasteiger charge is 2.17. The van der Waals surface area contributed by atoms with Crippen LogP contribution in [-0.4, -0.2) is 56.2 Å². The topological polar surface area (TPSA) is 81.6 Å². The SMILES string of the molecule is CCOC(=O)c1ccc(OC[C@@H](O)C[NH2+]C[C@H]2CCCO2)cc1. The number of ether oxygens (including phenoxy) is 3. The van der Waals surface area contributed by atoms with Gasteiger partial charge in [0.15, 0.2) is 0 Å². The van der Waals surface area contributed by atoms with E-state index in [9.17, 15) is 9.90 Å². The van der Waals surface area contributed by atoms with E-state index < -0.39 is 6.10 Å². The normalized spacial score (nSPS) is 18.6. The van der Waals surface area contributed by atoms with Crippen LogP contribution in [0.3, 0.4) is 0 Å². The molecule has 0 unspecified atom stereocenters. The fraction of sp³-hybridized carbons (Fsp3) is 0.588. The van der Waals surface area contributed by atoms with E-state index in [0.29, 0.717) is 30.6 Å². The van der Waals surface area contributed by atoms with Crippen LogP contribution < -0.4 is 10.1 Å². The van der Waals surface area contributed by atoms with Gasteiger partial charge in [0.25, 0.3) is 0 Å². The van der Waals surface area contributed by atoms with Crippen LogP contribution in [0.15, 0.2) is 24.3 Å². The summed E-state index contributed by atoms with van der Waals surface area (Å²) in [5.41, 5.74) is 0.490. The van der Waals surface area contributed by atoms with E-state index in [1.54, 1.807) is 31.2 Å². The molecule has 1 heterocycles. The average molecular weight is 324 g/mol. The summed E-state index contributed by atoms with van der Waals surface area (Å²) in [6.45, 7) is 4.66. The van der Waals surface area contributed by atoms with Gasteiger partial charge in [0.1, 0.15) is 37.7 Å². The molecule has 3 N–H and O–H groups in total. The van der Waals surface area contributed by atoms with Crippen molar-refractivity contribution in [3.8, 4) is 5.75 Å². The van der Waals surface area contributed by atoms with Gasteiger partial charge >= 0.3 is 5.97 Å². The van der Waals surface area contributed by atoms with Gasteiger partial charge in [0.05, 0.1) is 12.2 Å². The molecule has 0 amide bonds. The first-order valence-corrected chi connectivity index (χ1v) is 8.20. The van der Waals surface area contributed by atoms with Gasteiger partial charge in [-0.15, -0.1) is 0 Å². The van der Waals surface area contributed by atoms with Crippen LogP contribution in [0.5, 0.6) is 5.75 Å². The Morgan fingerprint density at radius 2 is 2.22 bits per heavy atom. The maximum absolute atomic E-state index is 11.5. The predicted octanol–water partition coefficient (Wildman–Crippen LogP) is 0.345. The Kier molecular flexibility index (Phi) is 7.32. The van der Waals surface area contributed by atoms with Gasteiger partial charge < -0.3 is 24.6 Å². The molecular formula is C17H26NO5+. The smallest absolute Gasteiger partial charge is 0.338 e. The van der Waals surface area contributed by atoms with Crippen molar-refractivity contribution in [2.24, 2.45) is 0 Å². The molecule has 0 aromatic heterocycles. The third-order valence-electron chi connectivity index (χ3n) is 3.70. The van der Waals surface area contributed by atoms with Crippen LogP contribution in [0.4, 0.5) is 0 Å². The van der Waals surface area contributed by atoms with Crippen molar-refractivity contribution in [1.29, 1.82) is 0 Å². The lowest BCUT2D eigenvalue weighted by molar-refractivity contribution is -0.666. The first-order chi connectivity index (χ1) is 11.2. The van der Waals surface area contributed by atoms with Gasteiger partial charge in [-0.3, -0.25) is 0 Å². The molecule has 2 rings (SSSR count). The summed E-state index contributed by atoms with van der Waals surface area (Å²) in [5, 5.41) is 12.0. The average Bonchev–Trinajstić information content (AvgIpc) is 3.07. The maximum Gasteiger partial charge on any atom is 0.338 e. The largest absolute Gasteiger partial charge is 0.491 e. The standard InChI is InChI=1S/C17H25NO5/c1-2-21-17(20)13-5-7-15(8-6-13)23-12-14(19)10-18-11-16-4-3-9-22-16/h5-8,14,16,18-19H,2-4,9-12H2,1H3/p+1/t14-,16+/m0/s1. The first-order valence-electron chi connectivity index (χ1n) is 8.20. The van der Waals surface area contributed by atoms with Crippen molar-refractivity contribution in [3.05, 3.63) is 29.8 Å². The summed E-state index contributed by atoms with van der Waals surface area (Å²) < 4.78 is 16.0. The van der Waals surface area contributed by atoms with Crippen LogP contribution in [0.25, 0.3) is 0 Å². The molecular weight excluding hydrogens is 298 g/mol. The number of carbonyl (C=O) groups excluding carboxylic acids is 1. The van der Waals surface area contributed by atoms with Gasteiger partial charge in [-0.2, -0.15) is 0 Å². The first kappa shape index (κ1) is 17.7. The third-order valence-corrected chi connectivity index (χ3v) is 3.70. The number of rotatable bonds is 9. The summed E-state index contributed by atoms with van der Waals surface area (Å²) >= 11 is 0. The van der Waals surface area contributed by atoms with Crippen LogP contribution in [0.2, 0.25) is 0 Å². The quantitative estimate of drug-likeness (QED) is 0.641. The third kappa shape index (κ3) is 6.17. The van der Waals surface area contributed by atoms with E-state index in [-0.39, 0.29) is 12.6 Å². The van der Waals surface area contributed by atoms with Crippen molar-refractivity contribution >= 4 is 5.97 Å². The molecule has 6 nitrogen and oxygen atoms in total. The molecule has 0 aliphatic carbocycles. The molecule has 1 saturated heterocycles. The van der Waals surface area contributed by atoms with Crippen molar-refractivity contribution in [1.82, 2.24) is 0 Å². The lowest BCUT2D eigenvalue weighted by atomic mass is 10.2. The minimum Gasteiger partial charge on any atom is -0.491 e. The summed E-state index contributed by atoms with van der Waals surface area (Å²) in [5.74, 6) is 0.277. The lowest BCUT2D eigenvalue weighted by Gasteiger charge is -2.13. The zero-order valence-corrected chi connectivity index (χ0v) is 13.6. The zero-order chi connectivity index (χ0) is 16.5. The van der Waals surface area contributed by atoms with Crippen molar-refractivity contribution in [2.75, 3.05) is 32.9 Å². The van der Waals surface area contributed by atoms with Crippen LogP contribution >= 0.6 is 0 Å². The number of benzene rings is 1.